The normalized spacial score (nSPS) is 10.2. The summed E-state index contributed by atoms with van der Waals surface area (Å²) in [7, 11) is 4.12. The van der Waals surface area contributed by atoms with Gasteiger partial charge in [-0.2, -0.15) is 0 Å². The molecule has 1 heterocycles. The topological polar surface area (TPSA) is 7.12 Å². The molecule has 0 atom stereocenters. The minimum absolute atomic E-state index is 1.03. The van der Waals surface area contributed by atoms with E-state index in [9.17, 15) is 0 Å². The number of nitrogens with zero attached hydrogens (tertiary/aromatic N) is 2. The lowest BCUT2D eigenvalue weighted by Crippen LogP contribution is -2.33. The lowest BCUT2D eigenvalue weighted by atomic mass is 10.1. The molecule has 2 heteroatoms. The van der Waals surface area contributed by atoms with Crippen LogP contribution in [0.3, 0.4) is 0 Å². The highest BCUT2D eigenvalue weighted by molar-refractivity contribution is 5.41. The maximum Gasteiger partial charge on any atom is 0.170 e. The van der Waals surface area contributed by atoms with Gasteiger partial charge in [-0.25, -0.2) is 4.57 Å². The molecule has 2 aromatic rings. The van der Waals surface area contributed by atoms with Gasteiger partial charge in [0, 0.05) is 38.3 Å². The Hall–Kier alpha value is -1.83. The molecule has 0 radical (unpaired) electrons. The van der Waals surface area contributed by atoms with Gasteiger partial charge in [0.1, 0.15) is 0 Å². The van der Waals surface area contributed by atoms with Crippen LogP contribution in [0.25, 0.3) is 0 Å². The Morgan fingerprint density at radius 3 is 2.18 bits per heavy atom. The highest BCUT2D eigenvalue weighted by Gasteiger charge is 2.02. The number of anilines is 1. The monoisotopic (exact) mass is 227 g/mol. The van der Waals surface area contributed by atoms with Gasteiger partial charge in [0.05, 0.1) is 0 Å². The quantitative estimate of drug-likeness (QED) is 0.727. The Morgan fingerprint density at radius 2 is 1.59 bits per heavy atom. The zero-order valence-corrected chi connectivity index (χ0v) is 10.5. The van der Waals surface area contributed by atoms with Crippen LogP contribution in [0.5, 0.6) is 0 Å². The van der Waals surface area contributed by atoms with Gasteiger partial charge < -0.3 is 4.90 Å². The first-order valence-electron chi connectivity index (χ1n) is 5.96. The maximum atomic E-state index is 2.22. The SMILES string of the molecule is CN(C)c1cc[n+](CCc2ccccc2)cc1. The van der Waals surface area contributed by atoms with Gasteiger partial charge in [-0.15, -0.1) is 0 Å². The molecular weight excluding hydrogens is 208 g/mol. The molecule has 0 bridgehead atoms. The summed E-state index contributed by atoms with van der Waals surface area (Å²) < 4.78 is 2.22. The average Bonchev–Trinajstić information content (AvgIpc) is 2.38. The summed E-state index contributed by atoms with van der Waals surface area (Å²) in [6.45, 7) is 1.03. The lowest BCUT2D eigenvalue weighted by molar-refractivity contribution is -0.696. The summed E-state index contributed by atoms with van der Waals surface area (Å²) in [5, 5.41) is 0. The molecule has 0 N–H and O–H groups in total. The molecular formula is C15H19N2+. The maximum absolute atomic E-state index is 2.22. The first-order valence-corrected chi connectivity index (χ1v) is 5.96. The molecule has 88 valence electrons. The Morgan fingerprint density at radius 1 is 0.941 bits per heavy atom. The van der Waals surface area contributed by atoms with Crippen molar-refractivity contribution in [2.45, 2.75) is 13.0 Å². The molecule has 0 aliphatic carbocycles. The molecule has 2 nitrogen and oxygen atoms in total. The van der Waals surface area contributed by atoms with Crippen molar-refractivity contribution < 1.29 is 4.57 Å². The second-order valence-electron chi connectivity index (χ2n) is 4.42. The zero-order chi connectivity index (χ0) is 12.1. The smallest absolute Gasteiger partial charge is 0.170 e. The fourth-order valence-electron chi connectivity index (χ4n) is 1.80. The Labute approximate surface area is 103 Å². The molecule has 1 aromatic heterocycles. The number of rotatable bonds is 4. The van der Waals surface area contributed by atoms with Crippen molar-refractivity contribution >= 4 is 5.69 Å². The van der Waals surface area contributed by atoms with Gasteiger partial charge in [-0.3, -0.25) is 0 Å². The van der Waals surface area contributed by atoms with Crippen molar-refractivity contribution in [2.24, 2.45) is 0 Å². The van der Waals surface area contributed by atoms with E-state index in [2.05, 4.69) is 78.4 Å². The standard InChI is InChI=1S/C15H19N2/c1-16(2)15-9-12-17(13-10-15)11-8-14-6-4-3-5-7-14/h3-7,9-10,12-13H,8,11H2,1-2H3/q+1. The molecule has 0 amide bonds. The summed E-state index contributed by atoms with van der Waals surface area (Å²) in [6.07, 6.45) is 5.35. The van der Waals surface area contributed by atoms with Gasteiger partial charge in [0.25, 0.3) is 0 Å². The first kappa shape index (κ1) is 11.6. The van der Waals surface area contributed by atoms with E-state index in [1.54, 1.807) is 0 Å². The van der Waals surface area contributed by atoms with E-state index in [0.717, 1.165) is 13.0 Å². The molecule has 17 heavy (non-hydrogen) atoms. The summed E-state index contributed by atoms with van der Waals surface area (Å²) >= 11 is 0. The van der Waals surface area contributed by atoms with Gasteiger partial charge in [-0.05, 0) is 5.56 Å². The molecule has 0 aliphatic rings. The highest BCUT2D eigenvalue weighted by Crippen LogP contribution is 2.06. The molecule has 2 rings (SSSR count). The van der Waals surface area contributed by atoms with E-state index in [4.69, 9.17) is 0 Å². The van der Waals surface area contributed by atoms with Gasteiger partial charge >= 0.3 is 0 Å². The highest BCUT2D eigenvalue weighted by atomic mass is 15.1. The molecule has 0 unspecified atom stereocenters. The minimum atomic E-state index is 1.03. The summed E-state index contributed by atoms with van der Waals surface area (Å²) in [5.41, 5.74) is 2.62. The van der Waals surface area contributed by atoms with Crippen molar-refractivity contribution in [3.05, 3.63) is 60.4 Å². The van der Waals surface area contributed by atoms with Crippen molar-refractivity contribution in [3.63, 3.8) is 0 Å². The predicted octanol–water partition coefficient (Wildman–Crippen LogP) is 2.28. The van der Waals surface area contributed by atoms with Crippen molar-refractivity contribution in [1.29, 1.82) is 0 Å². The fourth-order valence-corrected chi connectivity index (χ4v) is 1.80. The minimum Gasteiger partial charge on any atom is -0.377 e. The third kappa shape index (κ3) is 3.31. The van der Waals surface area contributed by atoms with Crippen LogP contribution in [0, 0.1) is 0 Å². The van der Waals surface area contributed by atoms with E-state index in [0.29, 0.717) is 0 Å². The molecule has 0 aliphatic heterocycles. The van der Waals surface area contributed by atoms with Gasteiger partial charge in [0.15, 0.2) is 18.9 Å². The molecule has 0 saturated heterocycles. The van der Waals surface area contributed by atoms with E-state index in [-0.39, 0.29) is 0 Å². The zero-order valence-electron chi connectivity index (χ0n) is 10.5. The Kier molecular flexibility index (Phi) is 3.76. The van der Waals surface area contributed by atoms with E-state index in [1.165, 1.54) is 11.3 Å². The third-order valence-electron chi connectivity index (χ3n) is 2.89. The van der Waals surface area contributed by atoms with Crippen LogP contribution in [0.1, 0.15) is 5.56 Å². The molecule has 1 aromatic carbocycles. The van der Waals surface area contributed by atoms with Crippen LogP contribution in [0.2, 0.25) is 0 Å². The summed E-state index contributed by atoms with van der Waals surface area (Å²) in [5.74, 6) is 0. The molecule has 0 saturated carbocycles. The average molecular weight is 227 g/mol. The second kappa shape index (κ2) is 5.48. The van der Waals surface area contributed by atoms with E-state index in [1.807, 2.05) is 0 Å². The second-order valence-corrected chi connectivity index (χ2v) is 4.42. The van der Waals surface area contributed by atoms with Crippen LogP contribution in [-0.2, 0) is 13.0 Å². The molecule has 0 fully saturated rings. The molecule has 0 spiro atoms. The van der Waals surface area contributed by atoms with E-state index < -0.39 is 0 Å². The summed E-state index contributed by atoms with van der Waals surface area (Å²) in [4.78, 5) is 2.11. The van der Waals surface area contributed by atoms with Crippen LogP contribution in [0.4, 0.5) is 5.69 Å². The van der Waals surface area contributed by atoms with Crippen LogP contribution >= 0.6 is 0 Å². The Balaban J connectivity index is 1.96. The van der Waals surface area contributed by atoms with Crippen molar-refractivity contribution in [1.82, 2.24) is 0 Å². The van der Waals surface area contributed by atoms with Crippen molar-refractivity contribution in [2.75, 3.05) is 19.0 Å². The van der Waals surface area contributed by atoms with Crippen LogP contribution in [-0.4, -0.2) is 14.1 Å². The number of hydrogen-bond acceptors (Lipinski definition) is 1. The van der Waals surface area contributed by atoms with Crippen molar-refractivity contribution in [3.8, 4) is 0 Å². The van der Waals surface area contributed by atoms with E-state index >= 15 is 0 Å². The number of aromatic nitrogens is 1. The fraction of sp³-hybridized carbons (Fsp3) is 0.267. The number of benzene rings is 1. The summed E-state index contributed by atoms with van der Waals surface area (Å²) in [6, 6.07) is 14.9. The van der Waals surface area contributed by atoms with Gasteiger partial charge in [-0.1, -0.05) is 30.3 Å². The number of hydrogen-bond donors (Lipinski definition) is 0. The number of pyridine rings is 1. The third-order valence-corrected chi connectivity index (χ3v) is 2.89. The van der Waals surface area contributed by atoms with Crippen LogP contribution in [0.15, 0.2) is 54.9 Å². The first-order chi connectivity index (χ1) is 8.25. The Bertz CT molecular complexity index is 446. The largest absolute Gasteiger partial charge is 0.377 e. The van der Waals surface area contributed by atoms with Gasteiger partial charge in [0.2, 0.25) is 0 Å². The lowest BCUT2D eigenvalue weighted by Gasteiger charge is -2.10. The number of aryl methyl sites for hydroxylation is 2. The van der Waals surface area contributed by atoms with Crippen LogP contribution < -0.4 is 9.47 Å². The predicted molar refractivity (Wildman–Crippen MR) is 71.1 cm³/mol.